The smallest absolute Gasteiger partial charge is 0.244 e. The van der Waals surface area contributed by atoms with E-state index in [1.54, 1.807) is 18.2 Å². The van der Waals surface area contributed by atoms with Gasteiger partial charge in [-0.05, 0) is 29.7 Å². The molecule has 0 aliphatic rings. The van der Waals surface area contributed by atoms with Gasteiger partial charge in [-0.1, -0.05) is 30.7 Å². The molecule has 0 saturated heterocycles. The van der Waals surface area contributed by atoms with E-state index in [1.807, 2.05) is 19.1 Å². The first kappa shape index (κ1) is 13.7. The van der Waals surface area contributed by atoms with E-state index in [1.165, 1.54) is 6.08 Å². The van der Waals surface area contributed by atoms with Crippen molar-refractivity contribution in [2.24, 2.45) is 5.92 Å². The van der Waals surface area contributed by atoms with Crippen molar-refractivity contribution < 1.29 is 9.90 Å². The van der Waals surface area contributed by atoms with Gasteiger partial charge in [-0.2, -0.15) is 0 Å². The summed E-state index contributed by atoms with van der Waals surface area (Å²) in [5.41, 5.74) is 0.878. The third-order valence-corrected chi connectivity index (χ3v) is 2.45. The van der Waals surface area contributed by atoms with Crippen molar-refractivity contribution in [3.05, 3.63) is 40.9 Å². The van der Waals surface area contributed by atoms with Crippen molar-refractivity contribution in [2.45, 2.75) is 6.92 Å². The lowest BCUT2D eigenvalue weighted by Crippen LogP contribution is -2.27. The third-order valence-electron chi connectivity index (χ3n) is 2.21. The van der Waals surface area contributed by atoms with Gasteiger partial charge in [-0.3, -0.25) is 4.79 Å². The predicted molar refractivity (Wildman–Crippen MR) is 69.7 cm³/mol. The third kappa shape index (κ3) is 5.52. The van der Waals surface area contributed by atoms with Crippen molar-refractivity contribution in [3.63, 3.8) is 0 Å². The Labute approximate surface area is 106 Å². The van der Waals surface area contributed by atoms with Crippen LogP contribution in [0.15, 0.2) is 30.3 Å². The molecule has 0 saturated carbocycles. The van der Waals surface area contributed by atoms with Crippen LogP contribution in [0.5, 0.6) is 0 Å². The van der Waals surface area contributed by atoms with E-state index in [9.17, 15) is 4.79 Å². The van der Waals surface area contributed by atoms with E-state index in [4.69, 9.17) is 16.7 Å². The molecule has 0 bridgehead atoms. The van der Waals surface area contributed by atoms with Crippen LogP contribution in [-0.4, -0.2) is 24.2 Å². The van der Waals surface area contributed by atoms with Crippen LogP contribution in [0, 0.1) is 5.92 Å². The molecule has 0 aliphatic heterocycles. The van der Waals surface area contributed by atoms with Gasteiger partial charge in [0.2, 0.25) is 5.91 Å². The quantitative estimate of drug-likeness (QED) is 0.790. The number of rotatable bonds is 5. The number of halogens is 1. The second-order valence-corrected chi connectivity index (χ2v) is 4.36. The highest BCUT2D eigenvalue weighted by atomic mass is 35.5. The van der Waals surface area contributed by atoms with Gasteiger partial charge in [0.1, 0.15) is 0 Å². The highest BCUT2D eigenvalue weighted by Gasteiger charge is 2.01. The molecule has 1 amide bonds. The monoisotopic (exact) mass is 253 g/mol. The number of aliphatic hydroxyl groups excluding tert-OH is 1. The number of hydrogen-bond donors (Lipinski definition) is 2. The molecule has 3 nitrogen and oxygen atoms in total. The maximum Gasteiger partial charge on any atom is 0.244 e. The minimum Gasteiger partial charge on any atom is -0.396 e. The van der Waals surface area contributed by atoms with E-state index in [0.717, 1.165) is 5.56 Å². The van der Waals surface area contributed by atoms with Gasteiger partial charge in [0.25, 0.3) is 0 Å². The van der Waals surface area contributed by atoms with Crippen LogP contribution in [0.25, 0.3) is 6.08 Å². The van der Waals surface area contributed by atoms with Gasteiger partial charge in [-0.15, -0.1) is 0 Å². The molecule has 0 spiro atoms. The minimum absolute atomic E-state index is 0.0677. The molecule has 0 heterocycles. The van der Waals surface area contributed by atoms with Crippen molar-refractivity contribution in [1.82, 2.24) is 5.32 Å². The summed E-state index contributed by atoms with van der Waals surface area (Å²) in [7, 11) is 0. The summed E-state index contributed by atoms with van der Waals surface area (Å²) in [5.74, 6) is -0.108. The van der Waals surface area contributed by atoms with Crippen molar-refractivity contribution in [3.8, 4) is 0 Å². The molecule has 1 aromatic carbocycles. The lowest BCUT2D eigenvalue weighted by molar-refractivity contribution is -0.116. The first-order chi connectivity index (χ1) is 8.11. The number of nitrogens with one attached hydrogen (secondary N) is 1. The fourth-order valence-electron chi connectivity index (χ4n) is 1.18. The lowest BCUT2D eigenvalue weighted by Gasteiger charge is -2.07. The number of aliphatic hydroxyl groups is 1. The maximum atomic E-state index is 11.4. The summed E-state index contributed by atoms with van der Waals surface area (Å²) >= 11 is 5.82. The zero-order valence-corrected chi connectivity index (χ0v) is 10.4. The van der Waals surface area contributed by atoms with Crippen LogP contribution in [-0.2, 0) is 4.79 Å². The molecular formula is C13H16ClNO2. The maximum absolute atomic E-state index is 11.4. The molecule has 0 aromatic heterocycles. The van der Waals surface area contributed by atoms with Crippen LogP contribution in [0.1, 0.15) is 12.5 Å². The first-order valence-electron chi connectivity index (χ1n) is 5.44. The number of benzene rings is 1. The lowest BCUT2D eigenvalue weighted by atomic mass is 10.2. The zero-order valence-electron chi connectivity index (χ0n) is 9.69. The van der Waals surface area contributed by atoms with Gasteiger partial charge < -0.3 is 10.4 Å². The van der Waals surface area contributed by atoms with Crippen molar-refractivity contribution in [1.29, 1.82) is 0 Å². The SMILES string of the molecule is CC(CO)CNC(=O)C=Cc1cccc(Cl)c1. The second kappa shape index (κ2) is 7.09. The van der Waals surface area contributed by atoms with E-state index in [0.29, 0.717) is 11.6 Å². The summed E-state index contributed by atoms with van der Waals surface area (Å²) in [4.78, 5) is 11.4. The number of carbonyl (C=O) groups is 1. The van der Waals surface area contributed by atoms with Gasteiger partial charge in [0.15, 0.2) is 0 Å². The van der Waals surface area contributed by atoms with Crippen LogP contribution in [0.2, 0.25) is 5.02 Å². The Morgan fingerprint density at radius 3 is 3.00 bits per heavy atom. The molecule has 1 aromatic rings. The standard InChI is InChI=1S/C13H16ClNO2/c1-10(9-16)8-15-13(17)6-5-11-3-2-4-12(14)7-11/h2-7,10,16H,8-9H2,1H3,(H,15,17). The van der Waals surface area contributed by atoms with Gasteiger partial charge >= 0.3 is 0 Å². The fourth-order valence-corrected chi connectivity index (χ4v) is 1.38. The van der Waals surface area contributed by atoms with Gasteiger partial charge in [0, 0.05) is 24.3 Å². The molecule has 0 aliphatic carbocycles. The Balaban J connectivity index is 2.45. The number of amides is 1. The van der Waals surface area contributed by atoms with Crippen LogP contribution in [0.3, 0.4) is 0 Å². The molecule has 0 radical (unpaired) electrons. The van der Waals surface area contributed by atoms with E-state index in [-0.39, 0.29) is 18.4 Å². The van der Waals surface area contributed by atoms with Crippen LogP contribution >= 0.6 is 11.6 Å². The molecule has 92 valence electrons. The number of carbonyl (C=O) groups excluding carboxylic acids is 1. The Hall–Kier alpha value is -1.32. The highest BCUT2D eigenvalue weighted by Crippen LogP contribution is 2.11. The number of hydrogen-bond acceptors (Lipinski definition) is 2. The molecule has 17 heavy (non-hydrogen) atoms. The summed E-state index contributed by atoms with van der Waals surface area (Å²) < 4.78 is 0. The van der Waals surface area contributed by atoms with Gasteiger partial charge in [0.05, 0.1) is 0 Å². The highest BCUT2D eigenvalue weighted by molar-refractivity contribution is 6.30. The molecule has 2 N–H and O–H groups in total. The summed E-state index contributed by atoms with van der Waals surface area (Å²) in [5, 5.41) is 12.1. The molecule has 0 fully saturated rings. The average Bonchev–Trinajstić information content (AvgIpc) is 2.33. The molecule has 1 atom stereocenters. The summed E-state index contributed by atoms with van der Waals surface area (Å²) in [6.07, 6.45) is 3.15. The van der Waals surface area contributed by atoms with Crippen molar-refractivity contribution >= 4 is 23.6 Å². The Morgan fingerprint density at radius 1 is 1.59 bits per heavy atom. The Morgan fingerprint density at radius 2 is 2.35 bits per heavy atom. The minimum atomic E-state index is -0.176. The van der Waals surface area contributed by atoms with Crippen LogP contribution in [0.4, 0.5) is 0 Å². The second-order valence-electron chi connectivity index (χ2n) is 3.92. The molecule has 4 heteroatoms. The first-order valence-corrected chi connectivity index (χ1v) is 5.82. The van der Waals surface area contributed by atoms with Crippen LogP contribution < -0.4 is 5.32 Å². The van der Waals surface area contributed by atoms with E-state index in [2.05, 4.69) is 5.32 Å². The Kier molecular flexibility index (Phi) is 5.73. The topological polar surface area (TPSA) is 49.3 Å². The van der Waals surface area contributed by atoms with Gasteiger partial charge in [-0.25, -0.2) is 0 Å². The molecule has 1 unspecified atom stereocenters. The van der Waals surface area contributed by atoms with Crippen molar-refractivity contribution in [2.75, 3.05) is 13.2 Å². The zero-order chi connectivity index (χ0) is 12.7. The predicted octanol–water partition coefficient (Wildman–Crippen LogP) is 2.10. The van der Waals surface area contributed by atoms with E-state index < -0.39 is 0 Å². The Bertz CT molecular complexity index is 404. The fraction of sp³-hybridized carbons (Fsp3) is 0.308. The summed E-state index contributed by atoms with van der Waals surface area (Å²) in [6.45, 7) is 2.40. The molecular weight excluding hydrogens is 238 g/mol. The normalized spacial score (nSPS) is 12.6. The summed E-state index contributed by atoms with van der Waals surface area (Å²) in [6, 6.07) is 7.25. The largest absolute Gasteiger partial charge is 0.396 e. The van der Waals surface area contributed by atoms with E-state index >= 15 is 0 Å². The molecule has 1 rings (SSSR count). The average molecular weight is 254 g/mol.